The van der Waals surface area contributed by atoms with Gasteiger partial charge in [0, 0.05) is 25.2 Å². The van der Waals surface area contributed by atoms with Crippen LogP contribution in [0.25, 0.3) is 0 Å². The van der Waals surface area contributed by atoms with Gasteiger partial charge in [-0.2, -0.15) is 13.2 Å². The van der Waals surface area contributed by atoms with Gasteiger partial charge in [0.05, 0.1) is 11.9 Å². The second kappa shape index (κ2) is 5.99. The Bertz CT molecular complexity index is 568. The molecule has 1 N–H and O–H groups in total. The molecule has 1 aromatic heterocycles. The first-order valence-corrected chi connectivity index (χ1v) is 7.42. The molecule has 8 heteroatoms. The zero-order valence-electron chi connectivity index (χ0n) is 12.4. The van der Waals surface area contributed by atoms with E-state index < -0.39 is 12.8 Å². The molecule has 1 saturated carbocycles. The summed E-state index contributed by atoms with van der Waals surface area (Å²) in [6, 6.07) is 2.79. The van der Waals surface area contributed by atoms with Gasteiger partial charge in [-0.25, -0.2) is 4.98 Å². The molecule has 1 spiro atoms. The lowest BCUT2D eigenvalue weighted by molar-refractivity contribution is -0.154. The Morgan fingerprint density at radius 1 is 1.39 bits per heavy atom. The second-order valence-electron chi connectivity index (χ2n) is 6.01. The molecule has 0 radical (unpaired) electrons. The number of nitrogens with one attached hydrogen (secondary N) is 1. The highest BCUT2D eigenvalue weighted by Crippen LogP contribution is 2.59. The molecule has 1 aliphatic carbocycles. The fourth-order valence-electron chi connectivity index (χ4n) is 2.97. The van der Waals surface area contributed by atoms with Crippen molar-refractivity contribution < 1.29 is 27.4 Å². The van der Waals surface area contributed by atoms with Gasteiger partial charge in [-0.3, -0.25) is 4.79 Å². The van der Waals surface area contributed by atoms with Crippen molar-refractivity contribution in [1.82, 2.24) is 4.98 Å². The third kappa shape index (κ3) is 3.93. The lowest BCUT2D eigenvalue weighted by atomic mass is 9.93. The fourth-order valence-corrected chi connectivity index (χ4v) is 2.97. The second-order valence-corrected chi connectivity index (χ2v) is 6.01. The number of hydrogen-bond acceptors (Lipinski definition) is 4. The molecule has 2 heterocycles. The van der Waals surface area contributed by atoms with Gasteiger partial charge in [-0.05, 0) is 30.7 Å². The van der Waals surface area contributed by atoms with Crippen molar-refractivity contribution in [3.05, 3.63) is 18.3 Å². The Kier molecular flexibility index (Phi) is 4.18. The van der Waals surface area contributed by atoms with Crippen LogP contribution >= 0.6 is 0 Å². The van der Waals surface area contributed by atoms with Crippen molar-refractivity contribution >= 4 is 11.6 Å². The number of carbonyl (C=O) groups excluding carboxylic acids is 1. The topological polar surface area (TPSA) is 60.5 Å². The molecule has 1 aliphatic heterocycles. The van der Waals surface area contributed by atoms with Gasteiger partial charge in [0.2, 0.25) is 11.8 Å². The largest absolute Gasteiger partial charge is 0.468 e. The number of anilines is 1. The smallest absolute Gasteiger partial charge is 0.422 e. The van der Waals surface area contributed by atoms with E-state index in [1.54, 1.807) is 0 Å². The summed E-state index contributed by atoms with van der Waals surface area (Å²) in [6.07, 6.45) is -0.454. The van der Waals surface area contributed by atoms with Gasteiger partial charge >= 0.3 is 6.18 Å². The fraction of sp³-hybridized carbons (Fsp3) is 0.600. The normalized spacial score (nSPS) is 22.7. The molecule has 1 unspecified atom stereocenters. The van der Waals surface area contributed by atoms with E-state index in [1.165, 1.54) is 18.3 Å². The minimum absolute atomic E-state index is 0.0208. The van der Waals surface area contributed by atoms with E-state index in [9.17, 15) is 18.0 Å². The first-order chi connectivity index (χ1) is 10.9. The van der Waals surface area contributed by atoms with Gasteiger partial charge in [0.25, 0.3) is 0 Å². The molecule has 0 aromatic carbocycles. The van der Waals surface area contributed by atoms with E-state index in [0.29, 0.717) is 18.9 Å². The first kappa shape index (κ1) is 16.0. The van der Waals surface area contributed by atoms with E-state index in [-0.39, 0.29) is 23.1 Å². The van der Waals surface area contributed by atoms with Gasteiger partial charge in [-0.1, -0.05) is 0 Å². The summed E-state index contributed by atoms with van der Waals surface area (Å²) in [5.41, 5.74) is 0.523. The zero-order chi connectivity index (χ0) is 16.5. The molecule has 1 aromatic rings. The monoisotopic (exact) mass is 330 g/mol. The van der Waals surface area contributed by atoms with E-state index in [4.69, 9.17) is 4.74 Å². The Balaban J connectivity index is 1.51. The van der Waals surface area contributed by atoms with Crippen LogP contribution < -0.4 is 10.1 Å². The predicted molar refractivity (Wildman–Crippen MR) is 75.0 cm³/mol. The molecule has 1 atom stereocenters. The van der Waals surface area contributed by atoms with Gasteiger partial charge in [-0.15, -0.1) is 0 Å². The summed E-state index contributed by atoms with van der Waals surface area (Å²) in [7, 11) is 0. The van der Waals surface area contributed by atoms with E-state index in [1.807, 2.05) is 0 Å². The van der Waals surface area contributed by atoms with Crippen molar-refractivity contribution in [3.8, 4) is 5.88 Å². The summed E-state index contributed by atoms with van der Waals surface area (Å²) in [4.78, 5) is 16.0. The highest BCUT2D eigenvalue weighted by molar-refractivity contribution is 5.95. The Morgan fingerprint density at radius 2 is 2.13 bits per heavy atom. The number of pyridine rings is 1. The summed E-state index contributed by atoms with van der Waals surface area (Å²) < 4.78 is 46.0. The lowest BCUT2D eigenvalue weighted by Gasteiger charge is -2.22. The van der Waals surface area contributed by atoms with Crippen LogP contribution in [0.2, 0.25) is 0 Å². The van der Waals surface area contributed by atoms with Crippen molar-refractivity contribution in [2.45, 2.75) is 25.4 Å². The van der Waals surface area contributed by atoms with Crippen LogP contribution in [0.3, 0.4) is 0 Å². The molecule has 2 aliphatic rings. The van der Waals surface area contributed by atoms with Crippen molar-refractivity contribution in [2.75, 3.05) is 25.1 Å². The average molecular weight is 330 g/mol. The van der Waals surface area contributed by atoms with Crippen molar-refractivity contribution in [1.29, 1.82) is 0 Å². The molecule has 0 bridgehead atoms. The summed E-state index contributed by atoms with van der Waals surface area (Å²) >= 11 is 0. The number of ether oxygens (including phenoxy) is 2. The van der Waals surface area contributed by atoms with Crippen LogP contribution in [0, 0.1) is 11.3 Å². The number of amides is 1. The van der Waals surface area contributed by atoms with Crippen LogP contribution in [-0.4, -0.2) is 36.9 Å². The van der Waals surface area contributed by atoms with Crippen LogP contribution in [0.1, 0.15) is 19.3 Å². The molecule has 3 rings (SSSR count). The Labute approximate surface area is 131 Å². The molecule has 23 heavy (non-hydrogen) atoms. The molecular weight excluding hydrogens is 313 g/mol. The van der Waals surface area contributed by atoms with Crippen LogP contribution in [-0.2, 0) is 9.53 Å². The number of nitrogens with zero attached hydrogens (tertiary/aromatic N) is 1. The molecule has 126 valence electrons. The zero-order valence-corrected chi connectivity index (χ0v) is 12.4. The highest BCUT2D eigenvalue weighted by atomic mass is 19.4. The summed E-state index contributed by atoms with van der Waals surface area (Å²) in [5.74, 6) is -0.224. The molecular formula is C15H17F3N2O3. The van der Waals surface area contributed by atoms with E-state index >= 15 is 0 Å². The number of aromatic nitrogens is 1. The minimum Gasteiger partial charge on any atom is -0.468 e. The highest BCUT2D eigenvalue weighted by Gasteiger charge is 2.57. The number of halogens is 3. The first-order valence-electron chi connectivity index (χ1n) is 7.42. The Hall–Kier alpha value is -1.83. The quantitative estimate of drug-likeness (QED) is 0.922. The molecule has 1 amide bonds. The minimum atomic E-state index is -4.40. The van der Waals surface area contributed by atoms with E-state index in [2.05, 4.69) is 15.0 Å². The van der Waals surface area contributed by atoms with Crippen molar-refractivity contribution in [3.63, 3.8) is 0 Å². The maximum absolute atomic E-state index is 12.2. The third-order valence-electron chi connectivity index (χ3n) is 4.38. The van der Waals surface area contributed by atoms with Crippen LogP contribution in [0.4, 0.5) is 18.9 Å². The predicted octanol–water partition coefficient (Wildman–Crippen LogP) is 2.78. The maximum atomic E-state index is 12.2. The van der Waals surface area contributed by atoms with Crippen LogP contribution in [0.15, 0.2) is 18.3 Å². The summed E-state index contributed by atoms with van der Waals surface area (Å²) in [5, 5.41) is 2.75. The maximum Gasteiger partial charge on any atom is 0.422 e. The van der Waals surface area contributed by atoms with Gasteiger partial charge in [0.15, 0.2) is 6.61 Å². The Morgan fingerprint density at radius 3 is 2.74 bits per heavy atom. The van der Waals surface area contributed by atoms with E-state index in [0.717, 1.165) is 19.3 Å². The number of rotatable bonds is 4. The average Bonchev–Trinajstić information content (AvgIpc) is 3.20. The standard InChI is InChI=1S/C15H17F3N2O3/c16-15(17,18)9-23-12-2-1-10(8-19-12)20-13(21)11-7-14(11)3-5-22-6-4-14/h1-2,8,11H,3-7,9H2,(H,20,21). The molecule has 5 nitrogen and oxygen atoms in total. The number of carbonyl (C=O) groups is 1. The molecule has 1 saturated heterocycles. The molecule has 2 fully saturated rings. The van der Waals surface area contributed by atoms with Crippen molar-refractivity contribution in [2.24, 2.45) is 11.3 Å². The third-order valence-corrected chi connectivity index (χ3v) is 4.38. The van der Waals surface area contributed by atoms with Gasteiger partial charge in [0.1, 0.15) is 0 Å². The van der Waals surface area contributed by atoms with Gasteiger partial charge < -0.3 is 14.8 Å². The number of hydrogen-bond donors (Lipinski definition) is 1. The SMILES string of the molecule is O=C(Nc1ccc(OCC(F)(F)F)nc1)C1CC12CCOCC2. The summed E-state index contributed by atoms with van der Waals surface area (Å²) in [6.45, 7) is -0.00841. The number of alkyl halides is 3. The lowest BCUT2D eigenvalue weighted by Crippen LogP contribution is -2.24. The van der Waals surface area contributed by atoms with Crippen LogP contribution in [0.5, 0.6) is 5.88 Å².